The highest BCUT2D eigenvalue weighted by Crippen LogP contribution is 2.36. The minimum atomic E-state index is -5.98. The van der Waals surface area contributed by atoms with E-state index >= 15 is 0 Å². The van der Waals surface area contributed by atoms with Crippen molar-refractivity contribution in [2.45, 2.75) is 52.6 Å². The summed E-state index contributed by atoms with van der Waals surface area (Å²) < 4.78 is 95.2. The molecule has 0 bridgehead atoms. The highest BCUT2D eigenvalue weighted by atomic mass is 35.5. The number of halogens is 4. The summed E-state index contributed by atoms with van der Waals surface area (Å²) in [7, 11) is -10.5. The number of hydrogen-bond donors (Lipinski definition) is 2. The van der Waals surface area contributed by atoms with Gasteiger partial charge in [-0.25, -0.2) is 22.0 Å². The van der Waals surface area contributed by atoms with E-state index in [9.17, 15) is 34.8 Å². The topological polar surface area (TPSA) is 139 Å². The highest BCUT2D eigenvalue weighted by molar-refractivity contribution is 7.99. The van der Waals surface area contributed by atoms with Gasteiger partial charge >= 0.3 is 5.51 Å². The van der Waals surface area contributed by atoms with Crippen LogP contribution >= 0.6 is 24.2 Å². The Morgan fingerprint density at radius 2 is 1.79 bits per heavy atom. The molecule has 0 spiro atoms. The lowest BCUT2D eigenvalue weighted by Gasteiger charge is -2.36. The SMILES string of the molecule is CCN(CC)C[C@@H]1CN(C(=O)C[C@H](CSc2ccccc2)Nc2ccc(S(N)(=O)=O)cc2S(=O)(=O)C(F)(F)F)CCO1.Cl. The Morgan fingerprint density at radius 1 is 1.14 bits per heavy atom. The molecule has 0 unspecified atom stereocenters. The number of carbonyl (C=O) groups excluding carboxylic acids is 1. The molecule has 0 aliphatic carbocycles. The van der Waals surface area contributed by atoms with Gasteiger partial charge in [0.25, 0.3) is 9.84 Å². The van der Waals surface area contributed by atoms with Crippen molar-refractivity contribution in [1.82, 2.24) is 9.80 Å². The van der Waals surface area contributed by atoms with E-state index in [4.69, 9.17) is 9.88 Å². The van der Waals surface area contributed by atoms with E-state index in [0.29, 0.717) is 32.3 Å². The molecule has 0 aromatic heterocycles. The van der Waals surface area contributed by atoms with Crippen molar-refractivity contribution in [2.24, 2.45) is 5.14 Å². The quantitative estimate of drug-likeness (QED) is 0.303. The lowest BCUT2D eigenvalue weighted by atomic mass is 10.1. The number of alkyl halides is 3. The van der Waals surface area contributed by atoms with E-state index < -0.39 is 46.9 Å². The molecule has 1 amide bonds. The Bertz CT molecular complexity index is 1430. The number of primary sulfonamides is 1. The number of amides is 1. The monoisotopic (exact) mass is 688 g/mol. The van der Waals surface area contributed by atoms with Crippen LogP contribution in [-0.4, -0.2) is 95.3 Å². The molecule has 2 atom stereocenters. The Labute approximate surface area is 260 Å². The second kappa shape index (κ2) is 15.8. The van der Waals surface area contributed by atoms with Gasteiger partial charge < -0.3 is 19.9 Å². The molecule has 3 rings (SSSR count). The van der Waals surface area contributed by atoms with Crippen molar-refractivity contribution in [1.29, 1.82) is 0 Å². The lowest BCUT2D eigenvalue weighted by Crippen LogP contribution is -2.50. The first-order valence-corrected chi connectivity index (χ1v) is 17.2. The molecular formula is C26H36ClF3N4O6S3. The molecule has 1 aliphatic rings. The zero-order valence-electron chi connectivity index (χ0n) is 23.6. The summed E-state index contributed by atoms with van der Waals surface area (Å²) in [5.41, 5.74) is -6.20. The Balaban J connectivity index is 0.00000645. The number of nitrogens with zero attached hydrogens (tertiary/aromatic N) is 2. The van der Waals surface area contributed by atoms with Gasteiger partial charge in [0, 0.05) is 42.7 Å². The van der Waals surface area contributed by atoms with Crippen molar-refractivity contribution in [3.8, 4) is 0 Å². The summed E-state index contributed by atoms with van der Waals surface area (Å²) >= 11 is 1.33. The average molecular weight is 689 g/mol. The average Bonchev–Trinajstić information content (AvgIpc) is 2.94. The van der Waals surface area contributed by atoms with Gasteiger partial charge in [-0.3, -0.25) is 4.79 Å². The number of likely N-dealkylation sites (N-methyl/N-ethyl adjacent to an activating group) is 1. The number of benzene rings is 2. The lowest BCUT2D eigenvalue weighted by molar-refractivity contribution is -0.139. The van der Waals surface area contributed by atoms with Crippen LogP contribution in [0.2, 0.25) is 0 Å². The molecule has 1 heterocycles. The standard InChI is InChI=1S/C26H35F3N4O6S3.ClH/c1-3-32(4-2)16-20-17-33(12-13-39-20)25(34)14-19(18-40-21-8-6-5-7-9-21)31-23-11-10-22(42(30,37)38)15-24(23)41(35,36)26(27,28)29;/h5-11,15,19-20,31H,3-4,12-14,16-18H2,1-2H3,(H2,30,37,38);1H/t19-,20-;/m1./s1. The van der Waals surface area contributed by atoms with Crippen molar-refractivity contribution in [3.63, 3.8) is 0 Å². The maximum atomic E-state index is 13.6. The molecule has 242 valence electrons. The molecule has 10 nitrogen and oxygen atoms in total. The maximum Gasteiger partial charge on any atom is 0.501 e. The van der Waals surface area contributed by atoms with Crippen LogP contribution in [0.25, 0.3) is 0 Å². The van der Waals surface area contributed by atoms with E-state index in [1.165, 1.54) is 11.8 Å². The minimum absolute atomic E-state index is 0. The fraction of sp³-hybridized carbons (Fsp3) is 0.500. The van der Waals surface area contributed by atoms with E-state index in [-0.39, 0.29) is 36.6 Å². The summed E-state index contributed by atoms with van der Waals surface area (Å²) in [6.07, 6.45) is -0.373. The van der Waals surface area contributed by atoms with Crippen molar-refractivity contribution in [3.05, 3.63) is 48.5 Å². The van der Waals surface area contributed by atoms with Gasteiger partial charge in [-0.2, -0.15) is 13.2 Å². The van der Waals surface area contributed by atoms with Gasteiger partial charge in [0.1, 0.15) is 4.90 Å². The second-order valence-corrected chi connectivity index (χ2v) is 14.2. The molecule has 2 aromatic rings. The fourth-order valence-electron chi connectivity index (χ4n) is 4.40. The number of anilines is 1. The van der Waals surface area contributed by atoms with Crippen LogP contribution in [0.1, 0.15) is 20.3 Å². The van der Waals surface area contributed by atoms with Crippen LogP contribution in [0, 0.1) is 0 Å². The number of rotatable bonds is 13. The molecule has 43 heavy (non-hydrogen) atoms. The first kappa shape index (κ1) is 37.1. The van der Waals surface area contributed by atoms with Crippen LogP contribution in [0.3, 0.4) is 0 Å². The van der Waals surface area contributed by atoms with Gasteiger partial charge in [-0.15, -0.1) is 24.2 Å². The number of carbonyl (C=O) groups is 1. The van der Waals surface area contributed by atoms with Crippen LogP contribution < -0.4 is 10.5 Å². The van der Waals surface area contributed by atoms with Crippen molar-refractivity contribution >= 4 is 55.6 Å². The number of morpholine rings is 1. The number of sulfonamides is 1. The molecule has 17 heteroatoms. The highest BCUT2D eigenvalue weighted by Gasteiger charge is 2.48. The third-order valence-corrected chi connectivity index (χ3v) is 10.3. The van der Waals surface area contributed by atoms with E-state index in [2.05, 4.69) is 10.2 Å². The Hall–Kier alpha value is -2.08. The van der Waals surface area contributed by atoms with Crippen molar-refractivity contribution < 1.29 is 39.5 Å². The molecule has 3 N–H and O–H groups in total. The third kappa shape index (κ3) is 10.2. The number of ether oxygens (including phenoxy) is 1. The molecular weight excluding hydrogens is 653 g/mol. The second-order valence-electron chi connectivity index (χ2n) is 9.64. The summed E-state index contributed by atoms with van der Waals surface area (Å²) in [5, 5.41) is 7.84. The smallest absolute Gasteiger partial charge is 0.380 e. The van der Waals surface area contributed by atoms with Crippen LogP contribution in [0.15, 0.2) is 63.2 Å². The normalized spacial score (nSPS) is 16.9. The molecule has 0 saturated carbocycles. The number of nitrogens with two attached hydrogens (primary N) is 1. The van der Waals surface area contributed by atoms with E-state index in [1.807, 2.05) is 32.0 Å². The predicted molar refractivity (Wildman–Crippen MR) is 162 cm³/mol. The largest absolute Gasteiger partial charge is 0.501 e. The van der Waals surface area contributed by atoms with E-state index in [0.717, 1.165) is 30.1 Å². The summed E-state index contributed by atoms with van der Waals surface area (Å²) in [5.74, 6) is -0.0961. The molecule has 0 radical (unpaired) electrons. The number of nitrogens with one attached hydrogen (secondary N) is 1. The van der Waals surface area contributed by atoms with Crippen molar-refractivity contribution in [2.75, 3.05) is 50.4 Å². The van der Waals surface area contributed by atoms with Gasteiger partial charge in [0.2, 0.25) is 15.9 Å². The Morgan fingerprint density at radius 3 is 2.37 bits per heavy atom. The van der Waals surface area contributed by atoms with Gasteiger partial charge in [-0.1, -0.05) is 32.0 Å². The first-order chi connectivity index (χ1) is 19.7. The van der Waals surface area contributed by atoms with E-state index in [1.54, 1.807) is 17.0 Å². The van der Waals surface area contributed by atoms with Gasteiger partial charge in [-0.05, 0) is 43.4 Å². The summed E-state index contributed by atoms with van der Waals surface area (Å²) in [4.78, 5) is 16.0. The minimum Gasteiger partial charge on any atom is -0.380 e. The number of sulfone groups is 1. The molecule has 2 aromatic carbocycles. The molecule has 1 aliphatic heterocycles. The molecule has 1 saturated heterocycles. The molecule has 1 fully saturated rings. The zero-order valence-corrected chi connectivity index (χ0v) is 26.9. The summed E-state index contributed by atoms with van der Waals surface area (Å²) in [6, 6.07) is 10.5. The fourth-order valence-corrected chi connectivity index (χ4v) is 6.90. The van der Waals surface area contributed by atoms with Gasteiger partial charge in [0.05, 0.1) is 23.3 Å². The summed E-state index contributed by atoms with van der Waals surface area (Å²) in [6.45, 7) is 7.33. The Kier molecular flexibility index (Phi) is 13.6. The van der Waals surface area contributed by atoms with Gasteiger partial charge in [0.15, 0.2) is 0 Å². The zero-order chi connectivity index (χ0) is 31.1. The first-order valence-electron chi connectivity index (χ1n) is 13.2. The maximum absolute atomic E-state index is 13.6. The third-order valence-electron chi connectivity index (χ3n) is 6.70. The number of hydrogen-bond acceptors (Lipinski definition) is 9. The van der Waals surface area contributed by atoms with Crippen LogP contribution in [0.5, 0.6) is 0 Å². The predicted octanol–water partition coefficient (Wildman–Crippen LogP) is 3.58. The van der Waals surface area contributed by atoms with Crippen LogP contribution in [-0.2, 0) is 29.4 Å². The number of thioether (sulfide) groups is 1. The van der Waals surface area contributed by atoms with Crippen LogP contribution in [0.4, 0.5) is 18.9 Å².